The van der Waals surface area contributed by atoms with Crippen molar-refractivity contribution in [2.45, 2.75) is 0 Å². The van der Waals surface area contributed by atoms with Gasteiger partial charge in [-0.1, -0.05) is 6.07 Å². The van der Waals surface area contributed by atoms with Gasteiger partial charge in [0.2, 0.25) is 5.95 Å². The van der Waals surface area contributed by atoms with Gasteiger partial charge in [0.1, 0.15) is 11.3 Å². The van der Waals surface area contributed by atoms with Crippen LogP contribution in [-0.4, -0.2) is 19.4 Å². The molecule has 2 N–H and O–H groups in total. The van der Waals surface area contributed by atoms with Gasteiger partial charge >= 0.3 is 0 Å². The number of fused-ring (bicyclic) bond motifs is 1. The molecule has 3 rings (SSSR count). The van der Waals surface area contributed by atoms with Crippen LogP contribution in [0.4, 0.5) is 5.95 Å². The van der Waals surface area contributed by atoms with Crippen LogP contribution in [0.25, 0.3) is 17.0 Å². The van der Waals surface area contributed by atoms with E-state index in [-0.39, 0.29) is 5.95 Å². The first-order valence-corrected chi connectivity index (χ1v) is 4.85. The molecule has 3 aromatic rings. The molecule has 0 atom stereocenters. The summed E-state index contributed by atoms with van der Waals surface area (Å²) in [6, 6.07) is 7.62. The van der Waals surface area contributed by atoms with Crippen molar-refractivity contribution >= 4 is 11.6 Å². The van der Waals surface area contributed by atoms with Crippen molar-refractivity contribution in [3.05, 3.63) is 42.9 Å². The maximum absolute atomic E-state index is 5.53. The first-order valence-electron chi connectivity index (χ1n) is 4.85. The van der Waals surface area contributed by atoms with E-state index < -0.39 is 0 Å². The van der Waals surface area contributed by atoms with Gasteiger partial charge in [-0.3, -0.25) is 0 Å². The molecule has 5 nitrogen and oxygen atoms in total. The average molecular weight is 211 g/mol. The lowest BCUT2D eigenvalue weighted by molar-refractivity contribution is 1.18. The number of nitrogens with zero attached hydrogens (tertiary/aromatic N) is 4. The number of hydrogen-bond donors (Lipinski definition) is 1. The summed E-state index contributed by atoms with van der Waals surface area (Å²) >= 11 is 0. The lowest BCUT2D eigenvalue weighted by atomic mass is 10.3. The Labute approximate surface area is 91.6 Å². The van der Waals surface area contributed by atoms with E-state index in [4.69, 9.17) is 5.73 Å². The largest absolute Gasteiger partial charge is 0.368 e. The van der Waals surface area contributed by atoms with Crippen LogP contribution in [0.5, 0.6) is 0 Å². The molecular formula is C11H9N5. The summed E-state index contributed by atoms with van der Waals surface area (Å²) in [6.45, 7) is 0. The molecule has 16 heavy (non-hydrogen) atoms. The molecule has 3 heterocycles. The van der Waals surface area contributed by atoms with Crippen molar-refractivity contribution in [2.75, 3.05) is 5.73 Å². The number of nitrogen functional groups attached to an aromatic ring is 1. The van der Waals surface area contributed by atoms with Crippen LogP contribution in [0.15, 0.2) is 42.9 Å². The van der Waals surface area contributed by atoms with Gasteiger partial charge in [0, 0.05) is 18.6 Å². The van der Waals surface area contributed by atoms with Crippen molar-refractivity contribution in [2.24, 2.45) is 0 Å². The van der Waals surface area contributed by atoms with Crippen LogP contribution in [-0.2, 0) is 0 Å². The van der Waals surface area contributed by atoms with Gasteiger partial charge in [-0.15, -0.1) is 0 Å². The van der Waals surface area contributed by atoms with Gasteiger partial charge in [-0.05, 0) is 18.2 Å². The van der Waals surface area contributed by atoms with Gasteiger partial charge in [-0.2, -0.15) is 0 Å². The second-order valence-electron chi connectivity index (χ2n) is 3.39. The zero-order chi connectivity index (χ0) is 11.0. The molecule has 5 heteroatoms. The monoisotopic (exact) mass is 211 g/mol. The Hall–Kier alpha value is -2.43. The molecule has 3 aromatic heterocycles. The Kier molecular flexibility index (Phi) is 1.83. The number of nitrogens with two attached hydrogens (primary N) is 1. The third-order valence-electron chi connectivity index (χ3n) is 2.30. The molecule has 78 valence electrons. The first kappa shape index (κ1) is 8.84. The molecule has 0 radical (unpaired) electrons. The highest BCUT2D eigenvalue weighted by molar-refractivity contribution is 5.59. The fourth-order valence-corrected chi connectivity index (χ4v) is 1.57. The lowest BCUT2D eigenvalue weighted by Gasteiger charge is -1.94. The summed E-state index contributed by atoms with van der Waals surface area (Å²) in [7, 11) is 0. The Bertz CT molecular complexity index is 610. The lowest BCUT2D eigenvalue weighted by Crippen LogP contribution is -1.94. The quantitative estimate of drug-likeness (QED) is 0.660. The summed E-state index contributed by atoms with van der Waals surface area (Å²) in [4.78, 5) is 12.4. The van der Waals surface area contributed by atoms with E-state index in [1.54, 1.807) is 12.3 Å². The molecule has 0 aliphatic rings. The molecule has 0 aromatic carbocycles. The summed E-state index contributed by atoms with van der Waals surface area (Å²) in [5.41, 5.74) is 7.94. The van der Waals surface area contributed by atoms with Gasteiger partial charge in [0.05, 0.1) is 5.69 Å². The zero-order valence-corrected chi connectivity index (χ0v) is 8.41. The predicted octanol–water partition coefficient (Wildman–Crippen LogP) is 1.37. The van der Waals surface area contributed by atoms with E-state index in [9.17, 15) is 0 Å². The fraction of sp³-hybridized carbons (Fsp3) is 0. The number of hydrogen-bond acceptors (Lipinski definition) is 4. The highest BCUT2D eigenvalue weighted by Gasteiger charge is 2.05. The van der Waals surface area contributed by atoms with Crippen molar-refractivity contribution in [1.29, 1.82) is 0 Å². The first-order chi connectivity index (χ1) is 7.83. The third-order valence-corrected chi connectivity index (χ3v) is 2.30. The van der Waals surface area contributed by atoms with Crippen LogP contribution in [0.2, 0.25) is 0 Å². The van der Waals surface area contributed by atoms with Crippen LogP contribution >= 0.6 is 0 Å². The summed E-state index contributed by atoms with van der Waals surface area (Å²) in [5, 5.41) is 0. The van der Waals surface area contributed by atoms with Crippen LogP contribution in [0.1, 0.15) is 0 Å². The normalized spacial score (nSPS) is 10.8. The molecular weight excluding hydrogens is 202 g/mol. The maximum Gasteiger partial charge on any atom is 0.220 e. The highest BCUT2D eigenvalue weighted by atomic mass is 15.0. The number of rotatable bonds is 1. The smallest absolute Gasteiger partial charge is 0.220 e. The standard InChI is InChI=1S/C11H9N5/c12-11-13-5-4-8(15-11)9-7-16-6-2-1-3-10(16)14-9/h1-7H,(H2,12,13,15). The van der Waals surface area contributed by atoms with Gasteiger partial charge < -0.3 is 10.1 Å². The van der Waals surface area contributed by atoms with E-state index in [2.05, 4.69) is 15.0 Å². The predicted molar refractivity (Wildman–Crippen MR) is 60.6 cm³/mol. The summed E-state index contributed by atoms with van der Waals surface area (Å²) < 4.78 is 1.94. The molecule has 0 fully saturated rings. The van der Waals surface area contributed by atoms with Crippen molar-refractivity contribution in [3.8, 4) is 11.4 Å². The molecule has 0 bridgehead atoms. The Morgan fingerprint density at radius 3 is 2.81 bits per heavy atom. The number of imidazole rings is 1. The Morgan fingerprint density at radius 2 is 2.00 bits per heavy atom. The van der Waals surface area contributed by atoms with Crippen LogP contribution in [0.3, 0.4) is 0 Å². The Morgan fingerprint density at radius 1 is 1.06 bits per heavy atom. The number of anilines is 1. The third kappa shape index (κ3) is 1.38. The topological polar surface area (TPSA) is 69.1 Å². The molecule has 0 amide bonds. The van der Waals surface area contributed by atoms with Gasteiger partial charge in [-0.25, -0.2) is 15.0 Å². The molecule has 0 saturated heterocycles. The number of pyridine rings is 1. The molecule has 0 spiro atoms. The molecule has 0 saturated carbocycles. The van der Waals surface area contributed by atoms with E-state index >= 15 is 0 Å². The fourth-order valence-electron chi connectivity index (χ4n) is 1.57. The minimum atomic E-state index is 0.259. The average Bonchev–Trinajstić information content (AvgIpc) is 2.72. The minimum Gasteiger partial charge on any atom is -0.368 e. The van der Waals surface area contributed by atoms with E-state index in [1.807, 2.05) is 35.0 Å². The minimum absolute atomic E-state index is 0.259. The highest BCUT2D eigenvalue weighted by Crippen LogP contribution is 2.16. The number of aromatic nitrogens is 4. The van der Waals surface area contributed by atoms with Gasteiger partial charge in [0.15, 0.2) is 0 Å². The summed E-state index contributed by atoms with van der Waals surface area (Å²) in [6.07, 6.45) is 5.48. The Balaban J connectivity index is 2.19. The van der Waals surface area contributed by atoms with Crippen molar-refractivity contribution in [1.82, 2.24) is 19.4 Å². The molecule has 0 aliphatic heterocycles. The van der Waals surface area contributed by atoms with E-state index in [0.717, 1.165) is 17.0 Å². The van der Waals surface area contributed by atoms with Crippen molar-refractivity contribution in [3.63, 3.8) is 0 Å². The summed E-state index contributed by atoms with van der Waals surface area (Å²) in [5.74, 6) is 0.259. The second kappa shape index (κ2) is 3.30. The maximum atomic E-state index is 5.53. The second-order valence-corrected chi connectivity index (χ2v) is 3.39. The van der Waals surface area contributed by atoms with Crippen LogP contribution in [0, 0.1) is 0 Å². The SMILES string of the molecule is Nc1nccc(-c2cn3ccccc3n2)n1. The van der Waals surface area contributed by atoms with Gasteiger partial charge in [0.25, 0.3) is 0 Å². The molecule has 0 unspecified atom stereocenters. The van der Waals surface area contributed by atoms with Crippen molar-refractivity contribution < 1.29 is 0 Å². The molecule has 0 aliphatic carbocycles. The van der Waals surface area contributed by atoms with E-state index in [0.29, 0.717) is 0 Å². The zero-order valence-electron chi connectivity index (χ0n) is 8.41. The van der Waals surface area contributed by atoms with E-state index in [1.165, 1.54) is 0 Å². The van der Waals surface area contributed by atoms with Crippen LogP contribution < -0.4 is 5.73 Å².